The van der Waals surface area contributed by atoms with Crippen molar-refractivity contribution in [2.75, 3.05) is 6.54 Å². The number of fused-ring (bicyclic) bond motifs is 1. The Morgan fingerprint density at radius 3 is 2.77 bits per heavy atom. The van der Waals surface area contributed by atoms with Crippen molar-refractivity contribution < 1.29 is 14.3 Å². The third-order valence-corrected chi connectivity index (χ3v) is 4.83. The maximum atomic E-state index is 13.2. The van der Waals surface area contributed by atoms with Crippen molar-refractivity contribution in [3.8, 4) is 5.75 Å². The first-order valence-corrected chi connectivity index (χ1v) is 8.64. The second-order valence-electron chi connectivity index (χ2n) is 6.45. The van der Waals surface area contributed by atoms with Gasteiger partial charge in [-0.1, -0.05) is 24.3 Å². The fourth-order valence-electron chi connectivity index (χ4n) is 3.51. The van der Waals surface area contributed by atoms with Gasteiger partial charge in [0, 0.05) is 23.5 Å². The van der Waals surface area contributed by atoms with Crippen LogP contribution in [0.2, 0.25) is 0 Å². The quantitative estimate of drug-likeness (QED) is 0.762. The minimum Gasteiger partial charge on any atom is -0.505 e. The number of carbonyl (C=O) groups is 1. The molecule has 1 aliphatic rings. The Bertz CT molecular complexity index is 959. The van der Waals surface area contributed by atoms with Gasteiger partial charge in [0.2, 0.25) is 0 Å². The molecule has 0 spiro atoms. The molecular weight excluding hydrogens is 333 g/mol. The highest BCUT2D eigenvalue weighted by atomic mass is 19.1. The summed E-state index contributed by atoms with van der Waals surface area (Å²) >= 11 is 0. The van der Waals surface area contributed by atoms with E-state index >= 15 is 0 Å². The predicted octanol–water partition coefficient (Wildman–Crippen LogP) is 3.84. The van der Waals surface area contributed by atoms with E-state index in [0.29, 0.717) is 17.6 Å². The number of carbonyl (C=O) groups excluding carboxylic acids is 1. The highest BCUT2D eigenvalue weighted by Gasteiger charge is 2.32. The van der Waals surface area contributed by atoms with E-state index in [2.05, 4.69) is 9.97 Å². The van der Waals surface area contributed by atoms with Gasteiger partial charge >= 0.3 is 0 Å². The number of piperidine rings is 1. The summed E-state index contributed by atoms with van der Waals surface area (Å²) in [4.78, 5) is 23.1. The Labute approximate surface area is 150 Å². The fraction of sp³-hybridized carbons (Fsp3) is 0.250. The summed E-state index contributed by atoms with van der Waals surface area (Å²) in [5, 5.41) is 11.9. The first kappa shape index (κ1) is 16.4. The Kier molecular flexibility index (Phi) is 4.24. The van der Waals surface area contributed by atoms with Crippen molar-refractivity contribution in [2.24, 2.45) is 0 Å². The molecule has 1 aliphatic heterocycles. The van der Waals surface area contributed by atoms with E-state index in [1.807, 2.05) is 18.2 Å². The van der Waals surface area contributed by atoms with Gasteiger partial charge < -0.3 is 10.0 Å². The predicted molar refractivity (Wildman–Crippen MR) is 95.2 cm³/mol. The van der Waals surface area contributed by atoms with Crippen LogP contribution >= 0.6 is 0 Å². The fourth-order valence-corrected chi connectivity index (χ4v) is 3.51. The topological polar surface area (TPSA) is 66.3 Å². The third-order valence-electron chi connectivity index (χ3n) is 4.83. The zero-order chi connectivity index (χ0) is 18.1. The second kappa shape index (κ2) is 6.71. The Morgan fingerprint density at radius 2 is 1.96 bits per heavy atom. The Hall–Kier alpha value is -3.02. The molecule has 0 radical (unpaired) electrons. The number of halogens is 1. The number of likely N-dealkylation sites (tertiary alicyclic amines) is 1. The molecule has 132 valence electrons. The zero-order valence-electron chi connectivity index (χ0n) is 14.1. The normalized spacial score (nSPS) is 17.4. The molecule has 1 atom stereocenters. The SMILES string of the molecule is O=C(c1ncc2ccccc2c1O)N1CCCCC1c1ccc(F)cn1. The number of amides is 1. The molecule has 1 aromatic carbocycles. The van der Waals surface area contributed by atoms with Gasteiger partial charge in [0.15, 0.2) is 11.4 Å². The third kappa shape index (κ3) is 2.87. The molecule has 1 N–H and O–H groups in total. The van der Waals surface area contributed by atoms with E-state index in [0.717, 1.165) is 24.6 Å². The van der Waals surface area contributed by atoms with Crippen LogP contribution < -0.4 is 0 Å². The van der Waals surface area contributed by atoms with E-state index in [-0.39, 0.29) is 23.4 Å². The van der Waals surface area contributed by atoms with E-state index in [9.17, 15) is 14.3 Å². The molecule has 3 aromatic rings. The lowest BCUT2D eigenvalue weighted by molar-refractivity contribution is 0.0597. The molecule has 0 bridgehead atoms. The first-order valence-electron chi connectivity index (χ1n) is 8.64. The van der Waals surface area contributed by atoms with E-state index in [4.69, 9.17) is 0 Å². The average Bonchev–Trinajstić information content (AvgIpc) is 2.69. The molecule has 1 amide bonds. The van der Waals surface area contributed by atoms with Crippen LogP contribution in [0.4, 0.5) is 4.39 Å². The molecule has 5 nitrogen and oxygen atoms in total. The highest BCUT2D eigenvalue weighted by Crippen LogP contribution is 2.34. The summed E-state index contributed by atoms with van der Waals surface area (Å²) in [5.41, 5.74) is 0.692. The van der Waals surface area contributed by atoms with Crippen molar-refractivity contribution in [1.29, 1.82) is 0 Å². The van der Waals surface area contributed by atoms with Crippen LogP contribution in [0.5, 0.6) is 5.75 Å². The Balaban J connectivity index is 1.71. The maximum Gasteiger partial charge on any atom is 0.276 e. The molecule has 0 saturated carbocycles. The number of aromatic hydroxyl groups is 1. The number of hydrogen-bond donors (Lipinski definition) is 1. The zero-order valence-corrected chi connectivity index (χ0v) is 14.1. The minimum absolute atomic E-state index is 0.0395. The molecule has 2 aromatic heterocycles. The minimum atomic E-state index is -0.406. The van der Waals surface area contributed by atoms with Gasteiger partial charge in [-0.15, -0.1) is 0 Å². The number of benzene rings is 1. The molecule has 1 unspecified atom stereocenters. The van der Waals surface area contributed by atoms with E-state index < -0.39 is 5.82 Å². The van der Waals surface area contributed by atoms with Gasteiger partial charge in [0.25, 0.3) is 5.91 Å². The van der Waals surface area contributed by atoms with Crippen LogP contribution in [0, 0.1) is 5.82 Å². The number of hydrogen-bond acceptors (Lipinski definition) is 4. The average molecular weight is 351 g/mol. The van der Waals surface area contributed by atoms with Gasteiger partial charge in [-0.05, 0) is 31.4 Å². The van der Waals surface area contributed by atoms with Crippen molar-refractivity contribution in [3.05, 3.63) is 66.0 Å². The van der Waals surface area contributed by atoms with Gasteiger partial charge in [-0.3, -0.25) is 9.78 Å². The van der Waals surface area contributed by atoms with Gasteiger partial charge in [-0.2, -0.15) is 0 Å². The van der Waals surface area contributed by atoms with Gasteiger partial charge in [0.1, 0.15) is 5.82 Å². The lowest BCUT2D eigenvalue weighted by Crippen LogP contribution is -2.39. The molecule has 4 rings (SSSR count). The van der Waals surface area contributed by atoms with E-state index in [1.54, 1.807) is 23.2 Å². The second-order valence-corrected chi connectivity index (χ2v) is 6.45. The monoisotopic (exact) mass is 351 g/mol. The van der Waals surface area contributed by atoms with Crippen LogP contribution in [0.3, 0.4) is 0 Å². The van der Waals surface area contributed by atoms with Crippen molar-refractivity contribution in [2.45, 2.75) is 25.3 Å². The molecular formula is C20H18FN3O2. The summed E-state index contributed by atoms with van der Waals surface area (Å²) in [5.74, 6) is -0.843. The lowest BCUT2D eigenvalue weighted by Gasteiger charge is -2.35. The Morgan fingerprint density at radius 1 is 1.12 bits per heavy atom. The van der Waals surface area contributed by atoms with Crippen molar-refractivity contribution in [1.82, 2.24) is 14.9 Å². The number of nitrogens with zero attached hydrogens (tertiary/aromatic N) is 3. The molecule has 26 heavy (non-hydrogen) atoms. The first-order chi connectivity index (χ1) is 12.6. The van der Waals surface area contributed by atoms with E-state index in [1.165, 1.54) is 12.3 Å². The summed E-state index contributed by atoms with van der Waals surface area (Å²) < 4.78 is 13.2. The van der Waals surface area contributed by atoms with Crippen LogP contribution in [0.15, 0.2) is 48.8 Å². The summed E-state index contributed by atoms with van der Waals surface area (Å²) in [6.07, 6.45) is 5.34. The highest BCUT2D eigenvalue weighted by molar-refractivity contribution is 6.01. The van der Waals surface area contributed by atoms with Crippen LogP contribution in [0.1, 0.15) is 41.5 Å². The molecule has 1 saturated heterocycles. The summed E-state index contributed by atoms with van der Waals surface area (Å²) in [7, 11) is 0. The lowest BCUT2D eigenvalue weighted by atomic mass is 9.98. The smallest absolute Gasteiger partial charge is 0.276 e. The van der Waals surface area contributed by atoms with Crippen LogP contribution in [-0.4, -0.2) is 32.4 Å². The number of pyridine rings is 2. The molecule has 0 aliphatic carbocycles. The van der Waals surface area contributed by atoms with Gasteiger partial charge in [-0.25, -0.2) is 9.37 Å². The number of rotatable bonds is 2. The molecule has 3 heterocycles. The van der Waals surface area contributed by atoms with Gasteiger partial charge in [0.05, 0.1) is 17.9 Å². The van der Waals surface area contributed by atoms with Crippen molar-refractivity contribution in [3.63, 3.8) is 0 Å². The summed E-state index contributed by atoms with van der Waals surface area (Å²) in [6.45, 7) is 0.552. The number of aromatic nitrogens is 2. The summed E-state index contributed by atoms with van der Waals surface area (Å²) in [6, 6.07) is 9.98. The van der Waals surface area contributed by atoms with Crippen molar-refractivity contribution >= 4 is 16.7 Å². The molecule has 1 fully saturated rings. The molecule has 6 heteroatoms. The van der Waals surface area contributed by atoms with Crippen LogP contribution in [0.25, 0.3) is 10.8 Å². The largest absolute Gasteiger partial charge is 0.505 e. The maximum absolute atomic E-state index is 13.2. The standard InChI is InChI=1S/C20H18FN3O2/c21-14-8-9-16(22-12-14)17-7-3-4-10-24(17)20(26)18-19(25)15-6-2-1-5-13(15)11-23-18/h1-2,5-6,8-9,11-12,17,25H,3-4,7,10H2. The van der Waals surface area contributed by atoms with Crippen LogP contribution in [-0.2, 0) is 0 Å².